The minimum Gasteiger partial charge on any atom is -0.310 e. The molecule has 1 aromatic carbocycles. The number of hydrogen-bond acceptors (Lipinski definition) is 5. The molecule has 1 N–H and O–H groups in total. The summed E-state index contributed by atoms with van der Waals surface area (Å²) in [5.41, 5.74) is 1.02. The third-order valence-electron chi connectivity index (χ3n) is 3.76. The first-order valence-corrected chi connectivity index (χ1v) is 11.0. The number of amides is 1. The number of sulfonamides is 1. The van der Waals surface area contributed by atoms with Crippen molar-refractivity contribution in [3.63, 3.8) is 0 Å². The Morgan fingerprint density at radius 1 is 1.26 bits per heavy atom. The number of nitrogens with zero attached hydrogens (tertiary/aromatic N) is 3. The molecule has 0 radical (unpaired) electrons. The monoisotopic (exact) mass is 468 g/mol. The predicted molar refractivity (Wildman–Crippen MR) is 108 cm³/mol. The van der Waals surface area contributed by atoms with Crippen LogP contribution in [0.15, 0.2) is 62.7 Å². The zero-order valence-electron chi connectivity index (χ0n) is 14.4. The first kappa shape index (κ1) is 19.7. The van der Waals surface area contributed by atoms with Crippen LogP contribution in [0.2, 0.25) is 0 Å². The third kappa shape index (κ3) is 4.83. The lowest BCUT2D eigenvalue weighted by Gasteiger charge is -2.16. The van der Waals surface area contributed by atoms with Gasteiger partial charge in [0.25, 0.3) is 10.0 Å². The van der Waals surface area contributed by atoms with Crippen LogP contribution in [-0.4, -0.2) is 42.0 Å². The number of thiophene rings is 1. The zero-order chi connectivity index (χ0) is 19.4. The van der Waals surface area contributed by atoms with Crippen molar-refractivity contribution in [1.29, 1.82) is 0 Å². The lowest BCUT2D eigenvalue weighted by atomic mass is 10.2. The first-order valence-electron chi connectivity index (χ1n) is 7.92. The van der Waals surface area contributed by atoms with E-state index in [0.29, 0.717) is 12.4 Å². The Morgan fingerprint density at radius 3 is 2.67 bits per heavy atom. The number of halogens is 1. The number of aromatic nitrogens is 2. The van der Waals surface area contributed by atoms with E-state index in [1.54, 1.807) is 28.4 Å². The number of carbonyl (C=O) groups is 1. The molecule has 0 spiro atoms. The molecule has 142 valence electrons. The van der Waals surface area contributed by atoms with Crippen molar-refractivity contribution >= 4 is 49.0 Å². The van der Waals surface area contributed by atoms with E-state index < -0.39 is 15.9 Å². The standard InChI is InChI=1S/C17H17BrN4O3S2/c1-21(27(24,25)17-3-2-10-26-17)12-16(23)20-15-8-9-19-22(15)11-13-4-6-14(18)7-5-13/h2-10H,11-12H2,1H3,(H,20,23). The van der Waals surface area contributed by atoms with Crippen LogP contribution in [0.3, 0.4) is 0 Å². The molecule has 0 saturated heterocycles. The van der Waals surface area contributed by atoms with Gasteiger partial charge >= 0.3 is 0 Å². The SMILES string of the molecule is CN(CC(=O)Nc1ccnn1Cc1ccc(Br)cc1)S(=O)(=O)c1cccs1. The number of nitrogens with one attached hydrogen (secondary N) is 1. The fourth-order valence-corrected chi connectivity index (χ4v) is 4.95. The van der Waals surface area contributed by atoms with Crippen LogP contribution in [-0.2, 0) is 21.4 Å². The van der Waals surface area contributed by atoms with Gasteiger partial charge in [-0.3, -0.25) is 4.79 Å². The van der Waals surface area contributed by atoms with Crippen molar-refractivity contribution in [2.45, 2.75) is 10.8 Å². The maximum absolute atomic E-state index is 12.4. The van der Waals surface area contributed by atoms with Crippen LogP contribution >= 0.6 is 27.3 Å². The predicted octanol–water partition coefficient (Wildman–Crippen LogP) is 3.01. The molecule has 7 nitrogen and oxygen atoms in total. The van der Waals surface area contributed by atoms with Gasteiger partial charge < -0.3 is 5.32 Å². The molecule has 0 fully saturated rings. The number of carbonyl (C=O) groups excluding carboxylic acids is 1. The molecule has 0 aliphatic heterocycles. The average Bonchev–Trinajstić information content (AvgIpc) is 3.29. The second kappa shape index (κ2) is 8.34. The summed E-state index contributed by atoms with van der Waals surface area (Å²) < 4.78 is 28.7. The fourth-order valence-electron chi connectivity index (χ4n) is 2.36. The normalized spacial score (nSPS) is 11.7. The van der Waals surface area contributed by atoms with E-state index in [1.165, 1.54) is 13.1 Å². The Kier molecular flexibility index (Phi) is 6.10. The average molecular weight is 469 g/mol. The van der Waals surface area contributed by atoms with Crippen LogP contribution in [0.1, 0.15) is 5.56 Å². The van der Waals surface area contributed by atoms with Gasteiger partial charge in [0.1, 0.15) is 10.0 Å². The van der Waals surface area contributed by atoms with Crippen LogP contribution in [0.5, 0.6) is 0 Å². The maximum Gasteiger partial charge on any atom is 0.252 e. The lowest BCUT2D eigenvalue weighted by molar-refractivity contribution is -0.116. The summed E-state index contributed by atoms with van der Waals surface area (Å²) in [5.74, 6) is 0.0695. The summed E-state index contributed by atoms with van der Waals surface area (Å²) >= 11 is 4.51. The van der Waals surface area contributed by atoms with Crippen LogP contribution in [0.4, 0.5) is 5.82 Å². The smallest absolute Gasteiger partial charge is 0.252 e. The van der Waals surface area contributed by atoms with Crippen LogP contribution < -0.4 is 5.32 Å². The largest absolute Gasteiger partial charge is 0.310 e. The molecular weight excluding hydrogens is 452 g/mol. The summed E-state index contributed by atoms with van der Waals surface area (Å²) in [6, 6.07) is 12.6. The van der Waals surface area contributed by atoms with Crippen molar-refractivity contribution in [3.05, 3.63) is 64.1 Å². The van der Waals surface area contributed by atoms with E-state index in [1.807, 2.05) is 24.3 Å². The van der Waals surface area contributed by atoms with Gasteiger partial charge in [0.2, 0.25) is 5.91 Å². The molecule has 1 amide bonds. The van der Waals surface area contributed by atoms with Crippen molar-refractivity contribution in [2.75, 3.05) is 18.9 Å². The van der Waals surface area contributed by atoms with Crippen molar-refractivity contribution in [3.8, 4) is 0 Å². The van der Waals surface area contributed by atoms with Crippen LogP contribution in [0, 0.1) is 0 Å². The zero-order valence-corrected chi connectivity index (χ0v) is 17.6. The van der Waals surface area contributed by atoms with Gasteiger partial charge in [0.15, 0.2) is 0 Å². The Balaban J connectivity index is 1.65. The molecule has 3 aromatic rings. The number of benzene rings is 1. The summed E-state index contributed by atoms with van der Waals surface area (Å²) in [7, 11) is -2.29. The molecule has 3 rings (SSSR count). The maximum atomic E-state index is 12.4. The van der Waals surface area contributed by atoms with Gasteiger partial charge in [-0.1, -0.05) is 34.1 Å². The molecule has 10 heteroatoms. The van der Waals surface area contributed by atoms with Crippen molar-refractivity contribution in [2.24, 2.45) is 0 Å². The van der Waals surface area contributed by atoms with Gasteiger partial charge in [-0.2, -0.15) is 9.40 Å². The second-order valence-electron chi connectivity index (χ2n) is 5.74. The van der Waals surface area contributed by atoms with E-state index in [0.717, 1.165) is 25.7 Å². The van der Waals surface area contributed by atoms with E-state index in [-0.39, 0.29) is 10.8 Å². The second-order valence-corrected chi connectivity index (χ2v) is 9.88. The Hall–Kier alpha value is -2.01. The lowest BCUT2D eigenvalue weighted by Crippen LogP contribution is -2.35. The number of anilines is 1. The van der Waals surface area contributed by atoms with E-state index in [4.69, 9.17) is 0 Å². The highest BCUT2D eigenvalue weighted by Gasteiger charge is 2.24. The van der Waals surface area contributed by atoms with Gasteiger partial charge in [-0.05, 0) is 29.1 Å². The number of hydrogen-bond donors (Lipinski definition) is 1. The summed E-state index contributed by atoms with van der Waals surface area (Å²) in [6.07, 6.45) is 1.58. The van der Waals surface area contributed by atoms with Gasteiger partial charge in [-0.25, -0.2) is 13.1 Å². The highest BCUT2D eigenvalue weighted by Crippen LogP contribution is 2.20. The van der Waals surface area contributed by atoms with E-state index in [2.05, 4.69) is 26.3 Å². The third-order valence-corrected chi connectivity index (χ3v) is 7.46. The molecule has 0 unspecified atom stereocenters. The quantitative estimate of drug-likeness (QED) is 0.577. The topological polar surface area (TPSA) is 84.3 Å². The molecule has 27 heavy (non-hydrogen) atoms. The van der Waals surface area contributed by atoms with E-state index in [9.17, 15) is 13.2 Å². The Bertz CT molecular complexity index is 1010. The van der Waals surface area contributed by atoms with Gasteiger partial charge in [-0.15, -0.1) is 11.3 Å². The van der Waals surface area contributed by atoms with Crippen LogP contribution in [0.25, 0.3) is 0 Å². The van der Waals surface area contributed by atoms with Gasteiger partial charge in [0.05, 0.1) is 19.3 Å². The Morgan fingerprint density at radius 2 is 2.00 bits per heavy atom. The summed E-state index contributed by atoms with van der Waals surface area (Å²) in [4.78, 5) is 12.3. The molecule has 2 aromatic heterocycles. The molecule has 0 aliphatic carbocycles. The molecule has 0 saturated carbocycles. The molecule has 0 aliphatic rings. The Labute approximate surface area is 169 Å². The number of likely N-dealkylation sites (N-methyl/N-ethyl adjacent to an activating group) is 1. The minimum atomic E-state index is -3.67. The summed E-state index contributed by atoms with van der Waals surface area (Å²) in [6.45, 7) is 0.197. The molecule has 2 heterocycles. The van der Waals surface area contributed by atoms with Crippen molar-refractivity contribution < 1.29 is 13.2 Å². The van der Waals surface area contributed by atoms with Crippen molar-refractivity contribution in [1.82, 2.24) is 14.1 Å². The number of rotatable bonds is 7. The molecule has 0 bridgehead atoms. The molecule has 0 atom stereocenters. The van der Waals surface area contributed by atoms with E-state index >= 15 is 0 Å². The molecular formula is C17H17BrN4O3S2. The first-order chi connectivity index (χ1) is 12.9. The highest BCUT2D eigenvalue weighted by atomic mass is 79.9. The fraction of sp³-hybridized carbons (Fsp3) is 0.176. The minimum absolute atomic E-state index is 0.207. The van der Waals surface area contributed by atoms with Gasteiger partial charge in [0, 0.05) is 17.6 Å². The highest BCUT2D eigenvalue weighted by molar-refractivity contribution is 9.10. The summed E-state index contributed by atoms with van der Waals surface area (Å²) in [5, 5.41) is 8.62.